The van der Waals surface area contributed by atoms with Crippen LogP contribution in [-0.4, -0.2) is 10.8 Å². The molecule has 0 fully saturated rings. The van der Waals surface area contributed by atoms with Crippen molar-refractivity contribution in [1.29, 1.82) is 0 Å². The Morgan fingerprint density at radius 2 is 2.38 bits per heavy atom. The maximum Gasteiger partial charge on any atom is 0.191 e. The molecule has 4 heteroatoms. The van der Waals surface area contributed by atoms with E-state index in [1.807, 2.05) is 0 Å². The summed E-state index contributed by atoms with van der Waals surface area (Å²) in [5.41, 5.74) is 5.42. The molecule has 2 N–H and O–H groups in total. The first-order valence-corrected chi connectivity index (χ1v) is 5.36. The molecule has 1 aromatic rings. The van der Waals surface area contributed by atoms with Crippen LogP contribution in [-0.2, 0) is 0 Å². The van der Waals surface area contributed by atoms with Crippen LogP contribution in [0.15, 0.2) is 5.38 Å². The second kappa shape index (κ2) is 4.97. The maximum atomic E-state index is 11.4. The Hall–Kier alpha value is -0.900. The van der Waals surface area contributed by atoms with Crippen molar-refractivity contribution in [2.75, 3.05) is 5.73 Å². The van der Waals surface area contributed by atoms with Gasteiger partial charge >= 0.3 is 0 Å². The summed E-state index contributed by atoms with van der Waals surface area (Å²) in [5, 5.41) is 2.25. The fourth-order valence-corrected chi connectivity index (χ4v) is 1.73. The molecule has 0 aliphatic rings. The highest BCUT2D eigenvalue weighted by atomic mass is 32.1. The Balaban J connectivity index is 2.40. The standard InChI is InChI=1S/C9H14N2OS/c1-2-3-4-5-7(12)9-11-8(10)6-13-9/h6H,2-5,10H2,1H3. The van der Waals surface area contributed by atoms with Gasteiger partial charge in [-0.15, -0.1) is 11.3 Å². The normalized spacial score (nSPS) is 10.2. The number of ketones is 1. The van der Waals surface area contributed by atoms with Gasteiger partial charge < -0.3 is 5.73 Å². The van der Waals surface area contributed by atoms with E-state index in [1.54, 1.807) is 5.38 Å². The molecule has 0 radical (unpaired) electrons. The minimum absolute atomic E-state index is 0.121. The van der Waals surface area contributed by atoms with Gasteiger partial charge in [-0.1, -0.05) is 19.8 Å². The molecule has 0 unspecified atom stereocenters. The number of carbonyl (C=O) groups is 1. The van der Waals surface area contributed by atoms with Gasteiger partial charge in [-0.3, -0.25) is 4.79 Å². The minimum atomic E-state index is 0.121. The molecular weight excluding hydrogens is 184 g/mol. The Morgan fingerprint density at radius 1 is 1.62 bits per heavy atom. The number of hydrogen-bond acceptors (Lipinski definition) is 4. The van der Waals surface area contributed by atoms with Gasteiger partial charge in [0.15, 0.2) is 10.8 Å². The summed E-state index contributed by atoms with van der Waals surface area (Å²) >= 11 is 1.33. The van der Waals surface area contributed by atoms with Crippen molar-refractivity contribution in [3.8, 4) is 0 Å². The SMILES string of the molecule is CCCCCC(=O)c1nc(N)cs1. The van der Waals surface area contributed by atoms with E-state index in [0.29, 0.717) is 17.2 Å². The molecule has 1 aromatic heterocycles. The number of nitrogens with two attached hydrogens (primary N) is 1. The van der Waals surface area contributed by atoms with Crippen LogP contribution in [0.4, 0.5) is 5.82 Å². The van der Waals surface area contributed by atoms with Gasteiger partial charge in [0.25, 0.3) is 0 Å². The first-order chi connectivity index (χ1) is 6.24. The topological polar surface area (TPSA) is 56.0 Å². The van der Waals surface area contributed by atoms with Crippen LogP contribution in [0.3, 0.4) is 0 Å². The average molecular weight is 198 g/mol. The molecule has 13 heavy (non-hydrogen) atoms. The van der Waals surface area contributed by atoms with E-state index >= 15 is 0 Å². The number of thiazole rings is 1. The minimum Gasteiger partial charge on any atom is -0.383 e. The number of carbonyl (C=O) groups excluding carboxylic acids is 1. The van der Waals surface area contributed by atoms with Crippen molar-refractivity contribution in [1.82, 2.24) is 4.98 Å². The summed E-state index contributed by atoms with van der Waals surface area (Å²) in [7, 11) is 0. The second-order valence-electron chi connectivity index (χ2n) is 2.96. The lowest BCUT2D eigenvalue weighted by atomic mass is 10.1. The molecule has 72 valence electrons. The quantitative estimate of drug-likeness (QED) is 0.584. The summed E-state index contributed by atoms with van der Waals surface area (Å²) in [6, 6.07) is 0. The van der Waals surface area contributed by atoms with Crippen LogP contribution in [0.2, 0.25) is 0 Å². The summed E-state index contributed by atoms with van der Waals surface area (Å²) in [5.74, 6) is 0.569. The number of unbranched alkanes of at least 4 members (excludes halogenated alkanes) is 2. The van der Waals surface area contributed by atoms with Crippen molar-refractivity contribution in [2.24, 2.45) is 0 Å². The van der Waals surface area contributed by atoms with E-state index in [1.165, 1.54) is 11.3 Å². The van der Waals surface area contributed by atoms with Crippen LogP contribution in [0.25, 0.3) is 0 Å². The number of aromatic nitrogens is 1. The third-order valence-electron chi connectivity index (χ3n) is 1.77. The molecule has 1 heterocycles. The lowest BCUT2D eigenvalue weighted by Crippen LogP contribution is -1.98. The Morgan fingerprint density at radius 3 is 2.92 bits per heavy atom. The zero-order valence-electron chi connectivity index (χ0n) is 7.75. The fourth-order valence-electron chi connectivity index (χ4n) is 1.06. The number of Topliss-reactive ketones (excluding diaryl/α,β-unsaturated/α-hetero) is 1. The first kappa shape index (κ1) is 10.2. The predicted molar refractivity (Wildman–Crippen MR) is 55.0 cm³/mol. The molecule has 0 spiro atoms. The number of nitrogens with zero attached hydrogens (tertiary/aromatic N) is 1. The maximum absolute atomic E-state index is 11.4. The summed E-state index contributed by atoms with van der Waals surface area (Å²) in [6.07, 6.45) is 3.79. The van der Waals surface area contributed by atoms with Crippen molar-refractivity contribution in [3.63, 3.8) is 0 Å². The van der Waals surface area contributed by atoms with Gasteiger partial charge in [0, 0.05) is 11.8 Å². The fraction of sp³-hybridized carbons (Fsp3) is 0.556. The van der Waals surface area contributed by atoms with Crippen LogP contribution in [0.1, 0.15) is 42.4 Å². The van der Waals surface area contributed by atoms with Crippen LogP contribution in [0, 0.1) is 0 Å². The molecular formula is C9H14N2OS. The molecule has 0 saturated carbocycles. The molecule has 0 aromatic carbocycles. The zero-order valence-corrected chi connectivity index (χ0v) is 8.56. The van der Waals surface area contributed by atoms with Crippen molar-refractivity contribution < 1.29 is 4.79 Å². The average Bonchev–Trinajstić information content (AvgIpc) is 2.52. The second-order valence-corrected chi connectivity index (χ2v) is 3.82. The van der Waals surface area contributed by atoms with Gasteiger partial charge in [0.1, 0.15) is 5.82 Å². The summed E-state index contributed by atoms with van der Waals surface area (Å²) in [4.78, 5) is 15.4. The van der Waals surface area contributed by atoms with Gasteiger partial charge in [0.2, 0.25) is 0 Å². The van der Waals surface area contributed by atoms with Crippen LogP contribution < -0.4 is 5.73 Å². The summed E-state index contributed by atoms with van der Waals surface area (Å²) in [6.45, 7) is 2.12. The van der Waals surface area contributed by atoms with E-state index in [9.17, 15) is 4.79 Å². The van der Waals surface area contributed by atoms with E-state index in [2.05, 4.69) is 11.9 Å². The molecule has 0 atom stereocenters. The molecule has 0 amide bonds. The highest BCUT2D eigenvalue weighted by Crippen LogP contribution is 2.14. The molecule has 3 nitrogen and oxygen atoms in total. The molecule has 0 aliphatic carbocycles. The smallest absolute Gasteiger partial charge is 0.191 e. The number of anilines is 1. The van der Waals surface area contributed by atoms with Crippen molar-refractivity contribution in [2.45, 2.75) is 32.6 Å². The van der Waals surface area contributed by atoms with E-state index in [0.717, 1.165) is 19.3 Å². The third kappa shape index (κ3) is 3.14. The third-order valence-corrected chi connectivity index (χ3v) is 2.67. The molecule has 0 bridgehead atoms. The Labute approximate surface area is 82.0 Å². The van der Waals surface area contributed by atoms with Gasteiger partial charge in [-0.2, -0.15) is 0 Å². The van der Waals surface area contributed by atoms with E-state index in [-0.39, 0.29) is 5.78 Å². The predicted octanol–water partition coefficient (Wildman–Crippen LogP) is 2.49. The van der Waals surface area contributed by atoms with Crippen LogP contribution >= 0.6 is 11.3 Å². The molecule has 0 aliphatic heterocycles. The number of rotatable bonds is 5. The van der Waals surface area contributed by atoms with Gasteiger partial charge in [0.05, 0.1) is 0 Å². The Kier molecular flexibility index (Phi) is 3.89. The molecule has 0 saturated heterocycles. The largest absolute Gasteiger partial charge is 0.383 e. The van der Waals surface area contributed by atoms with Gasteiger partial charge in [-0.05, 0) is 6.42 Å². The summed E-state index contributed by atoms with van der Waals surface area (Å²) < 4.78 is 0. The van der Waals surface area contributed by atoms with E-state index in [4.69, 9.17) is 5.73 Å². The lowest BCUT2D eigenvalue weighted by Gasteiger charge is -1.94. The monoisotopic (exact) mass is 198 g/mol. The van der Waals surface area contributed by atoms with E-state index < -0.39 is 0 Å². The first-order valence-electron chi connectivity index (χ1n) is 4.48. The van der Waals surface area contributed by atoms with Crippen LogP contribution in [0.5, 0.6) is 0 Å². The highest BCUT2D eigenvalue weighted by molar-refractivity contribution is 7.12. The number of hydrogen-bond donors (Lipinski definition) is 1. The zero-order chi connectivity index (χ0) is 9.68. The van der Waals surface area contributed by atoms with Crippen molar-refractivity contribution in [3.05, 3.63) is 10.4 Å². The Bertz CT molecular complexity index is 283. The van der Waals surface area contributed by atoms with Crippen molar-refractivity contribution >= 4 is 22.9 Å². The van der Waals surface area contributed by atoms with Gasteiger partial charge in [-0.25, -0.2) is 4.98 Å². The number of nitrogen functional groups attached to an aromatic ring is 1. The molecule has 1 rings (SSSR count). The lowest BCUT2D eigenvalue weighted by molar-refractivity contribution is 0.0979. The highest BCUT2D eigenvalue weighted by Gasteiger charge is 2.08.